The van der Waals surface area contributed by atoms with Crippen LogP contribution in [0.5, 0.6) is 0 Å². The SMILES string of the molecule is C=C/C(=C\C=C/C(C)N)c1n[nH]c(=O)[nH]1. The third kappa shape index (κ3) is 3.40. The minimum atomic E-state index is -0.339. The van der Waals surface area contributed by atoms with Crippen molar-refractivity contribution in [3.05, 3.63) is 47.2 Å². The molecule has 0 spiro atoms. The predicted octanol–water partition coefficient (Wildman–Crippen LogP) is 0.571. The Labute approximate surface area is 87.4 Å². The Morgan fingerprint density at radius 2 is 2.40 bits per heavy atom. The van der Waals surface area contributed by atoms with Gasteiger partial charge in [-0.3, -0.25) is 4.98 Å². The molecule has 1 heterocycles. The van der Waals surface area contributed by atoms with E-state index in [0.717, 1.165) is 5.57 Å². The molecule has 80 valence electrons. The van der Waals surface area contributed by atoms with Crippen molar-refractivity contribution < 1.29 is 0 Å². The van der Waals surface area contributed by atoms with Crippen molar-refractivity contribution in [1.29, 1.82) is 0 Å². The van der Waals surface area contributed by atoms with Gasteiger partial charge in [-0.2, -0.15) is 5.10 Å². The maximum absolute atomic E-state index is 10.8. The van der Waals surface area contributed by atoms with Crippen LogP contribution < -0.4 is 11.4 Å². The minimum Gasteiger partial charge on any atom is -0.325 e. The van der Waals surface area contributed by atoms with E-state index in [1.807, 2.05) is 13.0 Å². The van der Waals surface area contributed by atoms with Gasteiger partial charge in [0.1, 0.15) is 0 Å². The van der Waals surface area contributed by atoms with Gasteiger partial charge in [-0.25, -0.2) is 9.89 Å². The van der Waals surface area contributed by atoms with E-state index in [9.17, 15) is 4.79 Å². The van der Waals surface area contributed by atoms with Crippen LogP contribution >= 0.6 is 0 Å². The van der Waals surface area contributed by atoms with Crippen molar-refractivity contribution in [2.45, 2.75) is 13.0 Å². The Morgan fingerprint density at radius 3 is 2.87 bits per heavy atom. The Kier molecular flexibility index (Phi) is 3.82. The first kappa shape index (κ1) is 11.2. The van der Waals surface area contributed by atoms with Gasteiger partial charge in [0.15, 0.2) is 5.82 Å². The fraction of sp³-hybridized carbons (Fsp3) is 0.200. The van der Waals surface area contributed by atoms with E-state index in [1.165, 1.54) is 0 Å². The zero-order valence-corrected chi connectivity index (χ0v) is 8.53. The lowest BCUT2D eigenvalue weighted by Crippen LogP contribution is -2.09. The van der Waals surface area contributed by atoms with Gasteiger partial charge in [-0.1, -0.05) is 30.9 Å². The summed E-state index contributed by atoms with van der Waals surface area (Å²) in [5.41, 5.74) is 5.93. The van der Waals surface area contributed by atoms with Gasteiger partial charge < -0.3 is 5.73 Å². The van der Waals surface area contributed by atoms with E-state index in [0.29, 0.717) is 5.82 Å². The smallest absolute Gasteiger partial charge is 0.325 e. The molecule has 5 nitrogen and oxygen atoms in total. The second-order valence-corrected chi connectivity index (χ2v) is 3.10. The van der Waals surface area contributed by atoms with Gasteiger partial charge in [0.05, 0.1) is 0 Å². The topological polar surface area (TPSA) is 87.6 Å². The van der Waals surface area contributed by atoms with E-state index in [1.54, 1.807) is 18.2 Å². The highest BCUT2D eigenvalue weighted by atomic mass is 16.1. The average molecular weight is 206 g/mol. The molecule has 0 aliphatic carbocycles. The van der Waals surface area contributed by atoms with E-state index in [2.05, 4.69) is 21.8 Å². The fourth-order valence-corrected chi connectivity index (χ4v) is 0.985. The molecule has 4 N–H and O–H groups in total. The summed E-state index contributed by atoms with van der Waals surface area (Å²) in [6.07, 6.45) is 7.02. The fourth-order valence-electron chi connectivity index (χ4n) is 0.985. The molecule has 0 aromatic carbocycles. The van der Waals surface area contributed by atoms with Crippen molar-refractivity contribution in [2.24, 2.45) is 5.73 Å². The van der Waals surface area contributed by atoms with Crippen molar-refractivity contribution in [2.75, 3.05) is 0 Å². The third-order valence-electron chi connectivity index (χ3n) is 1.68. The molecule has 0 saturated heterocycles. The molecule has 5 heteroatoms. The molecule has 0 bridgehead atoms. The number of hydrogen-bond donors (Lipinski definition) is 3. The standard InChI is InChI=1S/C10H14N4O/c1-3-8(6-4-5-7(2)11)9-12-10(15)14-13-9/h3-7H,1,11H2,2H3,(H2,12,13,14,15)/b5-4-,8-6+. The number of aromatic nitrogens is 3. The van der Waals surface area contributed by atoms with E-state index in [-0.39, 0.29) is 11.7 Å². The predicted molar refractivity (Wildman–Crippen MR) is 60.2 cm³/mol. The summed E-state index contributed by atoms with van der Waals surface area (Å²) >= 11 is 0. The first-order valence-corrected chi connectivity index (χ1v) is 4.55. The number of hydrogen-bond acceptors (Lipinski definition) is 3. The van der Waals surface area contributed by atoms with Gasteiger partial charge in [0.25, 0.3) is 0 Å². The molecule has 1 atom stereocenters. The molecule has 0 amide bonds. The van der Waals surface area contributed by atoms with Gasteiger partial charge >= 0.3 is 5.69 Å². The van der Waals surface area contributed by atoms with Crippen LogP contribution in [-0.4, -0.2) is 21.2 Å². The van der Waals surface area contributed by atoms with Crippen LogP contribution in [0.1, 0.15) is 12.7 Å². The second kappa shape index (κ2) is 5.11. The summed E-state index contributed by atoms with van der Waals surface area (Å²) in [7, 11) is 0. The lowest BCUT2D eigenvalue weighted by atomic mass is 10.2. The van der Waals surface area contributed by atoms with Gasteiger partial charge in [-0.05, 0) is 6.92 Å². The Morgan fingerprint density at radius 1 is 1.67 bits per heavy atom. The largest absolute Gasteiger partial charge is 0.340 e. The lowest BCUT2D eigenvalue weighted by molar-refractivity contribution is 0.926. The molecular weight excluding hydrogens is 192 g/mol. The Hall–Kier alpha value is -1.88. The molecule has 0 fully saturated rings. The normalized spacial score (nSPS) is 14.4. The lowest BCUT2D eigenvalue weighted by Gasteiger charge is -1.94. The first-order valence-electron chi connectivity index (χ1n) is 4.55. The first-order chi connectivity index (χ1) is 7.13. The molecule has 1 aromatic rings. The van der Waals surface area contributed by atoms with Gasteiger partial charge in [0, 0.05) is 11.6 Å². The molecule has 0 radical (unpaired) electrons. The van der Waals surface area contributed by atoms with E-state index in [4.69, 9.17) is 5.73 Å². The summed E-state index contributed by atoms with van der Waals surface area (Å²) < 4.78 is 0. The molecule has 0 saturated carbocycles. The third-order valence-corrected chi connectivity index (χ3v) is 1.68. The average Bonchev–Trinajstić information content (AvgIpc) is 2.59. The highest BCUT2D eigenvalue weighted by Gasteiger charge is 2.00. The van der Waals surface area contributed by atoms with Crippen LogP contribution in [0.15, 0.2) is 35.7 Å². The summed E-state index contributed by atoms with van der Waals surface area (Å²) in [4.78, 5) is 13.4. The zero-order valence-electron chi connectivity index (χ0n) is 8.53. The molecule has 1 rings (SSSR count). The van der Waals surface area contributed by atoms with Crippen molar-refractivity contribution in [3.63, 3.8) is 0 Å². The summed E-state index contributed by atoms with van der Waals surface area (Å²) in [5, 5.41) is 6.07. The Balaban J connectivity index is 2.89. The molecule has 1 aromatic heterocycles. The highest BCUT2D eigenvalue weighted by Crippen LogP contribution is 2.07. The van der Waals surface area contributed by atoms with Crippen LogP contribution in [0, 0.1) is 0 Å². The number of H-pyrrole nitrogens is 2. The summed E-state index contributed by atoms with van der Waals surface area (Å²) in [6.45, 7) is 5.50. The van der Waals surface area contributed by atoms with Crippen LogP contribution in [0.4, 0.5) is 0 Å². The molecular formula is C10H14N4O. The number of allylic oxidation sites excluding steroid dienone is 4. The maximum Gasteiger partial charge on any atom is 0.340 e. The number of aromatic amines is 2. The second-order valence-electron chi connectivity index (χ2n) is 3.10. The molecule has 0 aliphatic rings. The summed E-state index contributed by atoms with van der Waals surface area (Å²) in [6, 6.07) is -0.00875. The molecule has 1 unspecified atom stereocenters. The van der Waals surface area contributed by atoms with Crippen LogP contribution in [-0.2, 0) is 0 Å². The van der Waals surface area contributed by atoms with Crippen LogP contribution in [0.3, 0.4) is 0 Å². The van der Waals surface area contributed by atoms with Gasteiger partial charge in [-0.15, -0.1) is 0 Å². The minimum absolute atomic E-state index is 0.00875. The molecule has 15 heavy (non-hydrogen) atoms. The number of nitrogens with one attached hydrogen (secondary N) is 2. The maximum atomic E-state index is 10.8. The van der Waals surface area contributed by atoms with Crippen molar-refractivity contribution >= 4 is 5.57 Å². The van der Waals surface area contributed by atoms with Gasteiger partial charge in [0.2, 0.25) is 0 Å². The number of nitrogens with zero attached hydrogens (tertiary/aromatic N) is 1. The monoisotopic (exact) mass is 206 g/mol. The highest BCUT2D eigenvalue weighted by molar-refractivity contribution is 5.69. The Bertz CT molecular complexity index is 436. The summed E-state index contributed by atoms with van der Waals surface area (Å²) in [5.74, 6) is 0.462. The van der Waals surface area contributed by atoms with Crippen molar-refractivity contribution in [3.8, 4) is 0 Å². The van der Waals surface area contributed by atoms with Crippen LogP contribution in [0.25, 0.3) is 5.57 Å². The number of rotatable bonds is 4. The quantitative estimate of drug-likeness (QED) is 0.629. The zero-order chi connectivity index (χ0) is 11.3. The molecule has 0 aliphatic heterocycles. The van der Waals surface area contributed by atoms with E-state index >= 15 is 0 Å². The number of nitrogens with two attached hydrogens (primary N) is 1. The van der Waals surface area contributed by atoms with Crippen LogP contribution in [0.2, 0.25) is 0 Å². The van der Waals surface area contributed by atoms with Crippen molar-refractivity contribution in [1.82, 2.24) is 15.2 Å². The van der Waals surface area contributed by atoms with E-state index < -0.39 is 0 Å².